The highest BCUT2D eigenvalue weighted by atomic mass is 16.1. The van der Waals surface area contributed by atoms with Gasteiger partial charge in [0.2, 0.25) is 0 Å². The number of aryl methyl sites for hydroxylation is 2. The van der Waals surface area contributed by atoms with E-state index in [9.17, 15) is 4.79 Å². The van der Waals surface area contributed by atoms with E-state index in [4.69, 9.17) is 5.26 Å². The molecule has 0 saturated carbocycles. The van der Waals surface area contributed by atoms with E-state index in [0.717, 1.165) is 5.56 Å². The van der Waals surface area contributed by atoms with Gasteiger partial charge in [0, 0.05) is 5.56 Å². The van der Waals surface area contributed by atoms with E-state index in [1.807, 2.05) is 25.1 Å². The van der Waals surface area contributed by atoms with Crippen LogP contribution in [-0.2, 0) is 0 Å². The van der Waals surface area contributed by atoms with Crippen LogP contribution in [-0.4, -0.2) is 5.78 Å². The van der Waals surface area contributed by atoms with Crippen LogP contribution in [0.3, 0.4) is 0 Å². The number of Topliss-reactive ketones (excluding diaryl/α,β-unsaturated/α-hetero) is 1. The number of nitrogens with zero attached hydrogens (tertiary/aromatic N) is 1. The Bertz CT molecular complexity index is 453. The number of hydrogen-bond acceptors (Lipinski definition) is 2. The maximum atomic E-state index is 11.7. The lowest BCUT2D eigenvalue weighted by Crippen LogP contribution is -2.04. The normalized spacial score (nSPS) is 10.2. The average molecular weight is 215 g/mol. The van der Waals surface area contributed by atoms with Crippen molar-refractivity contribution in [2.45, 2.75) is 40.0 Å². The van der Waals surface area contributed by atoms with Crippen LogP contribution in [0.2, 0.25) is 0 Å². The van der Waals surface area contributed by atoms with Gasteiger partial charge in [-0.1, -0.05) is 19.9 Å². The maximum Gasteiger partial charge on any atom is 0.177 e. The Morgan fingerprint density at radius 3 is 2.44 bits per heavy atom. The lowest BCUT2D eigenvalue weighted by atomic mass is 9.91. The van der Waals surface area contributed by atoms with Gasteiger partial charge in [0.05, 0.1) is 12.5 Å². The maximum absolute atomic E-state index is 11.7. The molecule has 16 heavy (non-hydrogen) atoms. The van der Waals surface area contributed by atoms with Crippen LogP contribution in [0.1, 0.15) is 53.2 Å². The summed E-state index contributed by atoms with van der Waals surface area (Å²) in [6, 6.07) is 5.87. The number of nitriles is 1. The van der Waals surface area contributed by atoms with Gasteiger partial charge in [-0.3, -0.25) is 4.79 Å². The molecule has 0 atom stereocenters. The average Bonchev–Trinajstić information content (AvgIpc) is 2.17. The summed E-state index contributed by atoms with van der Waals surface area (Å²) in [5.41, 5.74) is 4.05. The SMILES string of the molecule is Cc1cc(C)c(C(C)C)cc1C(=O)CC#N. The summed E-state index contributed by atoms with van der Waals surface area (Å²) >= 11 is 0. The third kappa shape index (κ3) is 2.49. The molecule has 1 rings (SSSR count). The van der Waals surface area contributed by atoms with Gasteiger partial charge in [-0.05, 0) is 42.5 Å². The van der Waals surface area contributed by atoms with Crippen molar-refractivity contribution in [2.75, 3.05) is 0 Å². The van der Waals surface area contributed by atoms with E-state index < -0.39 is 0 Å². The van der Waals surface area contributed by atoms with E-state index in [0.29, 0.717) is 11.5 Å². The number of ketones is 1. The monoisotopic (exact) mass is 215 g/mol. The smallest absolute Gasteiger partial charge is 0.177 e. The van der Waals surface area contributed by atoms with Crippen LogP contribution in [0.15, 0.2) is 12.1 Å². The molecule has 2 nitrogen and oxygen atoms in total. The minimum Gasteiger partial charge on any atom is -0.293 e. The van der Waals surface area contributed by atoms with Crippen LogP contribution in [0.5, 0.6) is 0 Å². The zero-order valence-electron chi connectivity index (χ0n) is 10.3. The molecule has 0 bridgehead atoms. The largest absolute Gasteiger partial charge is 0.293 e. The Morgan fingerprint density at radius 2 is 1.94 bits per heavy atom. The minimum atomic E-state index is -0.0816. The van der Waals surface area contributed by atoms with Crippen molar-refractivity contribution >= 4 is 5.78 Å². The summed E-state index contributed by atoms with van der Waals surface area (Å²) < 4.78 is 0. The molecule has 0 radical (unpaired) electrons. The molecule has 84 valence electrons. The van der Waals surface area contributed by atoms with Gasteiger partial charge in [-0.25, -0.2) is 0 Å². The molecule has 0 unspecified atom stereocenters. The molecule has 1 aromatic rings. The molecule has 2 heteroatoms. The van der Waals surface area contributed by atoms with Crippen LogP contribution in [0.25, 0.3) is 0 Å². The van der Waals surface area contributed by atoms with Gasteiger partial charge >= 0.3 is 0 Å². The molecule has 1 aromatic carbocycles. The zero-order valence-corrected chi connectivity index (χ0v) is 10.3. The summed E-state index contributed by atoms with van der Waals surface area (Å²) in [6.45, 7) is 8.19. The summed E-state index contributed by atoms with van der Waals surface area (Å²) in [5, 5.41) is 8.55. The summed E-state index contributed by atoms with van der Waals surface area (Å²) in [5.74, 6) is 0.316. The van der Waals surface area contributed by atoms with Gasteiger partial charge in [0.1, 0.15) is 0 Å². The fourth-order valence-electron chi connectivity index (χ4n) is 1.96. The van der Waals surface area contributed by atoms with E-state index >= 15 is 0 Å². The number of carbonyl (C=O) groups is 1. The highest BCUT2D eigenvalue weighted by Gasteiger charge is 2.13. The molecule has 0 aliphatic heterocycles. The molecule has 0 aliphatic rings. The predicted octanol–water partition coefficient (Wildman–Crippen LogP) is 3.52. The van der Waals surface area contributed by atoms with E-state index in [2.05, 4.69) is 20.8 Å². The van der Waals surface area contributed by atoms with Crippen molar-refractivity contribution in [2.24, 2.45) is 0 Å². The molecule has 0 heterocycles. The molecule has 0 aromatic heterocycles. The minimum absolute atomic E-state index is 0.0402. The molecule has 0 N–H and O–H groups in total. The van der Waals surface area contributed by atoms with Crippen LogP contribution >= 0.6 is 0 Å². The van der Waals surface area contributed by atoms with Crippen LogP contribution < -0.4 is 0 Å². The van der Waals surface area contributed by atoms with E-state index in [1.165, 1.54) is 11.1 Å². The second kappa shape index (κ2) is 4.94. The molecular weight excluding hydrogens is 198 g/mol. The van der Waals surface area contributed by atoms with Crippen molar-refractivity contribution in [1.29, 1.82) is 5.26 Å². The van der Waals surface area contributed by atoms with Gasteiger partial charge < -0.3 is 0 Å². The predicted molar refractivity (Wildman–Crippen MR) is 64.6 cm³/mol. The fraction of sp³-hybridized carbons (Fsp3) is 0.429. The third-order valence-electron chi connectivity index (χ3n) is 2.78. The number of hydrogen-bond donors (Lipinski definition) is 0. The lowest BCUT2D eigenvalue weighted by Gasteiger charge is -2.13. The molecule has 0 amide bonds. The highest BCUT2D eigenvalue weighted by Crippen LogP contribution is 2.23. The summed E-state index contributed by atoms with van der Waals surface area (Å²) in [6.07, 6.45) is -0.0402. The molecule has 0 spiro atoms. The number of benzene rings is 1. The Balaban J connectivity index is 3.26. The highest BCUT2D eigenvalue weighted by molar-refractivity contribution is 5.98. The first-order valence-corrected chi connectivity index (χ1v) is 5.48. The zero-order chi connectivity index (χ0) is 12.3. The lowest BCUT2D eigenvalue weighted by molar-refractivity contribution is 0.0997. The van der Waals surface area contributed by atoms with Crippen molar-refractivity contribution in [3.63, 3.8) is 0 Å². The van der Waals surface area contributed by atoms with Gasteiger partial charge in [0.25, 0.3) is 0 Å². The fourth-order valence-corrected chi connectivity index (χ4v) is 1.96. The Labute approximate surface area is 96.9 Å². The van der Waals surface area contributed by atoms with E-state index in [-0.39, 0.29) is 12.2 Å². The summed E-state index contributed by atoms with van der Waals surface area (Å²) in [7, 11) is 0. The first-order chi connectivity index (χ1) is 7.47. The van der Waals surface area contributed by atoms with Gasteiger partial charge in [-0.2, -0.15) is 5.26 Å². The second-order valence-corrected chi connectivity index (χ2v) is 4.44. The van der Waals surface area contributed by atoms with Crippen molar-refractivity contribution < 1.29 is 4.79 Å². The number of rotatable bonds is 3. The van der Waals surface area contributed by atoms with Gasteiger partial charge in [0.15, 0.2) is 5.78 Å². The molecule has 0 fully saturated rings. The van der Waals surface area contributed by atoms with Crippen LogP contribution in [0.4, 0.5) is 0 Å². The first kappa shape index (κ1) is 12.4. The van der Waals surface area contributed by atoms with Gasteiger partial charge in [-0.15, -0.1) is 0 Å². The van der Waals surface area contributed by atoms with Crippen molar-refractivity contribution in [3.8, 4) is 6.07 Å². The number of carbonyl (C=O) groups excluding carboxylic acids is 1. The first-order valence-electron chi connectivity index (χ1n) is 5.48. The Hall–Kier alpha value is -1.62. The Kier molecular flexibility index (Phi) is 3.84. The Morgan fingerprint density at radius 1 is 1.31 bits per heavy atom. The standard InChI is InChI=1S/C14H17NO/c1-9(2)12-8-13(14(16)5-6-15)11(4)7-10(12)3/h7-9H,5H2,1-4H3. The quantitative estimate of drug-likeness (QED) is 0.724. The van der Waals surface area contributed by atoms with Crippen LogP contribution in [0, 0.1) is 25.2 Å². The third-order valence-corrected chi connectivity index (χ3v) is 2.78. The topological polar surface area (TPSA) is 40.9 Å². The van der Waals surface area contributed by atoms with Crippen molar-refractivity contribution in [1.82, 2.24) is 0 Å². The molecule has 0 aliphatic carbocycles. The van der Waals surface area contributed by atoms with Crippen molar-refractivity contribution in [3.05, 3.63) is 34.4 Å². The van der Waals surface area contributed by atoms with E-state index in [1.54, 1.807) is 0 Å². The molecular formula is C14H17NO. The second-order valence-electron chi connectivity index (χ2n) is 4.44. The summed E-state index contributed by atoms with van der Waals surface area (Å²) in [4.78, 5) is 11.7. The molecule has 0 saturated heterocycles.